The average molecular weight is 381 g/mol. The maximum atomic E-state index is 10.8. The molecule has 2 amide bonds. The largest absolute Gasteiger partial charge is 0.378 e. The van der Waals surface area contributed by atoms with Crippen LogP contribution in [0.2, 0.25) is 0 Å². The van der Waals surface area contributed by atoms with Crippen LogP contribution in [0.1, 0.15) is 18.5 Å². The monoisotopic (exact) mass is 381 g/mol. The second kappa shape index (κ2) is 6.60. The lowest BCUT2D eigenvalue weighted by Crippen LogP contribution is -2.19. The van der Waals surface area contributed by atoms with Gasteiger partial charge in [-0.25, -0.2) is 4.79 Å². The van der Waals surface area contributed by atoms with E-state index in [0.29, 0.717) is 5.69 Å². The maximum absolute atomic E-state index is 10.8. The Bertz CT molecular complexity index is 598. The molecule has 104 valence electrons. The van der Waals surface area contributed by atoms with Gasteiger partial charge in [-0.15, -0.1) is 0 Å². The normalized spacial score (nSPS) is 11.7. The zero-order chi connectivity index (χ0) is 14.5. The summed E-state index contributed by atoms with van der Waals surface area (Å²) in [5.41, 5.74) is 8.02. The number of halogens is 1. The molecule has 0 fully saturated rings. The molecule has 1 atom stereocenters. The first-order valence-electron chi connectivity index (χ1n) is 6.24. The summed E-state index contributed by atoms with van der Waals surface area (Å²) in [5, 5.41) is 6.01. The van der Waals surface area contributed by atoms with Gasteiger partial charge < -0.3 is 16.4 Å². The number of hydrogen-bond acceptors (Lipinski definition) is 2. The molecule has 4 nitrogen and oxygen atoms in total. The van der Waals surface area contributed by atoms with E-state index in [4.69, 9.17) is 5.73 Å². The highest BCUT2D eigenvalue weighted by atomic mass is 127. The van der Waals surface area contributed by atoms with Crippen molar-refractivity contribution in [2.24, 2.45) is 5.73 Å². The number of carbonyl (C=O) groups excluding carboxylic acids is 1. The van der Waals surface area contributed by atoms with E-state index in [0.717, 1.165) is 11.3 Å². The molecule has 0 heterocycles. The highest BCUT2D eigenvalue weighted by Crippen LogP contribution is 2.24. The van der Waals surface area contributed by atoms with Crippen LogP contribution in [0.15, 0.2) is 48.5 Å². The first-order valence-corrected chi connectivity index (χ1v) is 7.31. The Morgan fingerprint density at radius 1 is 1.15 bits per heavy atom. The molecule has 4 N–H and O–H groups in total. The van der Waals surface area contributed by atoms with Crippen LogP contribution in [0.5, 0.6) is 0 Å². The maximum Gasteiger partial charge on any atom is 0.316 e. The molecule has 0 bridgehead atoms. The number of urea groups is 1. The third-order valence-electron chi connectivity index (χ3n) is 2.92. The van der Waals surface area contributed by atoms with E-state index in [1.165, 1.54) is 3.57 Å². The van der Waals surface area contributed by atoms with Crippen LogP contribution in [-0.4, -0.2) is 6.03 Å². The molecule has 20 heavy (non-hydrogen) atoms. The van der Waals surface area contributed by atoms with E-state index >= 15 is 0 Å². The Balaban J connectivity index is 2.08. The van der Waals surface area contributed by atoms with Gasteiger partial charge in [0.05, 0.1) is 0 Å². The minimum Gasteiger partial charge on any atom is -0.378 e. The van der Waals surface area contributed by atoms with Gasteiger partial charge in [-0.1, -0.05) is 24.3 Å². The zero-order valence-electron chi connectivity index (χ0n) is 11.1. The van der Waals surface area contributed by atoms with Crippen molar-refractivity contribution in [3.63, 3.8) is 0 Å². The van der Waals surface area contributed by atoms with E-state index in [2.05, 4.69) is 52.3 Å². The van der Waals surface area contributed by atoms with Crippen molar-refractivity contribution in [1.29, 1.82) is 0 Å². The molecule has 2 rings (SSSR count). The first kappa shape index (κ1) is 14.6. The van der Waals surface area contributed by atoms with E-state index in [-0.39, 0.29) is 6.04 Å². The predicted octanol–water partition coefficient (Wildman–Crippen LogP) is 3.95. The summed E-state index contributed by atoms with van der Waals surface area (Å²) in [4.78, 5) is 10.8. The first-order chi connectivity index (χ1) is 9.56. The molecule has 2 aromatic rings. The van der Waals surface area contributed by atoms with E-state index in [1.54, 1.807) is 0 Å². The number of rotatable bonds is 4. The van der Waals surface area contributed by atoms with Gasteiger partial charge in [-0.2, -0.15) is 0 Å². The zero-order valence-corrected chi connectivity index (χ0v) is 13.2. The molecule has 2 aromatic carbocycles. The molecule has 0 aromatic heterocycles. The van der Waals surface area contributed by atoms with E-state index in [9.17, 15) is 4.79 Å². The lowest BCUT2D eigenvalue weighted by molar-refractivity contribution is 0.259. The summed E-state index contributed by atoms with van der Waals surface area (Å²) in [6, 6.07) is 15.4. The highest BCUT2D eigenvalue weighted by Gasteiger charge is 2.07. The minimum atomic E-state index is -0.553. The fourth-order valence-corrected chi connectivity index (χ4v) is 2.44. The number of anilines is 2. The van der Waals surface area contributed by atoms with Crippen LogP contribution in [0, 0.1) is 3.57 Å². The number of hydrogen-bond donors (Lipinski definition) is 3. The second-order valence-electron chi connectivity index (χ2n) is 4.46. The average Bonchev–Trinajstić information content (AvgIpc) is 2.41. The van der Waals surface area contributed by atoms with Crippen molar-refractivity contribution in [1.82, 2.24) is 0 Å². The van der Waals surface area contributed by atoms with Gasteiger partial charge in [0.25, 0.3) is 0 Å². The molecule has 0 aliphatic heterocycles. The molecular weight excluding hydrogens is 365 g/mol. The van der Waals surface area contributed by atoms with Gasteiger partial charge in [0.15, 0.2) is 0 Å². The fraction of sp³-hybridized carbons (Fsp3) is 0.133. The number of benzene rings is 2. The van der Waals surface area contributed by atoms with Crippen molar-refractivity contribution in [3.8, 4) is 0 Å². The van der Waals surface area contributed by atoms with Crippen LogP contribution < -0.4 is 16.4 Å². The molecule has 0 aliphatic rings. The second-order valence-corrected chi connectivity index (χ2v) is 5.62. The number of amides is 2. The van der Waals surface area contributed by atoms with Crippen molar-refractivity contribution in [3.05, 3.63) is 57.7 Å². The molecule has 1 unspecified atom stereocenters. The van der Waals surface area contributed by atoms with Crippen LogP contribution in [0.25, 0.3) is 0 Å². The molecular formula is C15H16IN3O. The molecule has 0 spiro atoms. The van der Waals surface area contributed by atoms with Crippen molar-refractivity contribution in [2.75, 3.05) is 10.6 Å². The third kappa shape index (κ3) is 3.86. The Kier molecular flexibility index (Phi) is 4.84. The van der Waals surface area contributed by atoms with Crippen molar-refractivity contribution in [2.45, 2.75) is 13.0 Å². The van der Waals surface area contributed by atoms with Gasteiger partial charge >= 0.3 is 6.03 Å². The van der Waals surface area contributed by atoms with Gasteiger partial charge in [0.2, 0.25) is 0 Å². The minimum absolute atomic E-state index is 0.175. The van der Waals surface area contributed by atoms with Crippen molar-refractivity contribution < 1.29 is 4.79 Å². The Morgan fingerprint density at radius 2 is 1.80 bits per heavy atom. The highest BCUT2D eigenvalue weighted by molar-refractivity contribution is 14.1. The van der Waals surface area contributed by atoms with Crippen LogP contribution in [-0.2, 0) is 0 Å². The number of para-hydroxylation sites is 1. The molecule has 0 saturated carbocycles. The lowest BCUT2D eigenvalue weighted by Gasteiger charge is -2.17. The van der Waals surface area contributed by atoms with Crippen molar-refractivity contribution >= 4 is 40.0 Å². The van der Waals surface area contributed by atoms with E-state index in [1.807, 2.05) is 36.4 Å². The van der Waals surface area contributed by atoms with Crippen LogP contribution >= 0.6 is 22.6 Å². The van der Waals surface area contributed by atoms with Gasteiger partial charge in [-0.3, -0.25) is 0 Å². The summed E-state index contributed by atoms with van der Waals surface area (Å²) in [6.07, 6.45) is 0. The smallest absolute Gasteiger partial charge is 0.316 e. The number of nitrogens with two attached hydrogens (primary N) is 1. The summed E-state index contributed by atoms with van der Waals surface area (Å²) in [5.74, 6) is 0. The molecule has 0 saturated heterocycles. The molecule has 0 aliphatic carbocycles. The Morgan fingerprint density at radius 3 is 2.40 bits per heavy atom. The summed E-state index contributed by atoms with van der Waals surface area (Å²) in [7, 11) is 0. The summed E-state index contributed by atoms with van der Waals surface area (Å²) < 4.78 is 1.18. The summed E-state index contributed by atoms with van der Waals surface area (Å²) >= 11 is 2.31. The fourth-order valence-electron chi connectivity index (χ4n) is 1.89. The predicted molar refractivity (Wildman–Crippen MR) is 90.8 cm³/mol. The van der Waals surface area contributed by atoms with Crippen LogP contribution in [0.3, 0.4) is 0 Å². The quantitative estimate of drug-likeness (QED) is 0.702. The number of carbonyl (C=O) groups is 1. The number of nitrogens with one attached hydrogen (secondary N) is 2. The van der Waals surface area contributed by atoms with Gasteiger partial charge in [0, 0.05) is 21.0 Å². The SMILES string of the molecule is CC(Nc1ccccc1I)c1ccc(NC(N)=O)cc1. The Hall–Kier alpha value is -1.76. The topological polar surface area (TPSA) is 67.2 Å². The lowest BCUT2D eigenvalue weighted by atomic mass is 10.1. The molecule has 5 heteroatoms. The Labute approximate surface area is 131 Å². The van der Waals surface area contributed by atoms with Crippen LogP contribution in [0.4, 0.5) is 16.2 Å². The van der Waals surface area contributed by atoms with E-state index < -0.39 is 6.03 Å². The van der Waals surface area contributed by atoms with Gasteiger partial charge in [0.1, 0.15) is 0 Å². The third-order valence-corrected chi connectivity index (χ3v) is 3.86. The number of primary amides is 1. The summed E-state index contributed by atoms with van der Waals surface area (Å²) in [6.45, 7) is 2.10. The standard InChI is InChI=1S/C15H16IN3O/c1-10(18-14-5-3-2-4-13(14)16)11-6-8-12(9-7-11)19-15(17)20/h2-10,18H,1H3,(H3,17,19,20). The molecule has 0 radical (unpaired) electrons. The van der Waals surface area contributed by atoms with Gasteiger partial charge in [-0.05, 0) is 59.3 Å².